The average Bonchev–Trinajstić information content (AvgIpc) is 3.28. The van der Waals surface area contributed by atoms with Crippen LogP contribution in [0.2, 0.25) is 0 Å². The molecule has 3 aromatic rings. The van der Waals surface area contributed by atoms with E-state index in [9.17, 15) is 0 Å². The van der Waals surface area contributed by atoms with Crippen LogP contribution in [0.25, 0.3) is 5.65 Å². The van der Waals surface area contributed by atoms with Gasteiger partial charge in [0, 0.05) is 44.5 Å². The quantitative estimate of drug-likeness (QED) is 0.715. The minimum atomic E-state index is 0.469. The lowest BCUT2D eigenvalue weighted by Crippen LogP contribution is -2.47. The summed E-state index contributed by atoms with van der Waals surface area (Å²) in [6.45, 7) is 9.55. The van der Waals surface area contributed by atoms with Gasteiger partial charge in [-0.05, 0) is 44.2 Å². The number of imidazole rings is 1. The number of hydrogen-bond donors (Lipinski definition) is 0. The molecule has 0 saturated carbocycles. The maximum Gasteiger partial charge on any atom is 0.153 e. The highest BCUT2D eigenvalue weighted by atomic mass is 16.3. The molecule has 4 rings (SSSR count). The third kappa shape index (κ3) is 3.54. The summed E-state index contributed by atoms with van der Waals surface area (Å²) < 4.78 is 7.59. The lowest BCUT2D eigenvalue weighted by atomic mass is 10.0. The average molecular weight is 339 g/mol. The van der Waals surface area contributed by atoms with E-state index in [1.807, 2.05) is 23.7 Å². The molecule has 1 fully saturated rings. The monoisotopic (exact) mass is 339 g/mol. The number of aromatic nitrogens is 3. The number of fused-ring (bicyclic) bond motifs is 1. The summed E-state index contributed by atoms with van der Waals surface area (Å²) in [7, 11) is 0. The van der Waals surface area contributed by atoms with Crippen LogP contribution in [0, 0.1) is 6.92 Å². The van der Waals surface area contributed by atoms with Crippen molar-refractivity contribution in [1.29, 1.82) is 0 Å². The molecule has 3 aromatic heterocycles. The minimum Gasteiger partial charge on any atom is -0.466 e. The van der Waals surface area contributed by atoms with Crippen molar-refractivity contribution in [2.24, 2.45) is 0 Å². The maximum atomic E-state index is 5.75. The number of aryl methyl sites for hydroxylation is 1. The Morgan fingerprint density at radius 3 is 2.72 bits per heavy atom. The van der Waals surface area contributed by atoms with Crippen LogP contribution in [0.1, 0.15) is 30.8 Å². The molecule has 1 aliphatic rings. The van der Waals surface area contributed by atoms with Crippen molar-refractivity contribution in [3.8, 4) is 0 Å². The van der Waals surface area contributed by atoms with Crippen molar-refractivity contribution in [2.75, 3.05) is 37.6 Å². The first-order valence-electron chi connectivity index (χ1n) is 9.03. The first-order valence-corrected chi connectivity index (χ1v) is 9.03. The highest BCUT2D eigenvalue weighted by Gasteiger charge is 2.19. The fourth-order valence-corrected chi connectivity index (χ4v) is 3.41. The van der Waals surface area contributed by atoms with Gasteiger partial charge in [0.1, 0.15) is 17.3 Å². The highest BCUT2D eigenvalue weighted by Crippen LogP contribution is 2.22. The van der Waals surface area contributed by atoms with E-state index in [2.05, 4.69) is 45.0 Å². The molecular weight excluding hydrogens is 314 g/mol. The molecule has 4 heterocycles. The summed E-state index contributed by atoms with van der Waals surface area (Å²) in [6, 6.07) is 8.26. The van der Waals surface area contributed by atoms with Crippen LogP contribution in [0.15, 0.2) is 41.1 Å². The Labute approximate surface area is 148 Å². The molecule has 0 bridgehead atoms. The summed E-state index contributed by atoms with van der Waals surface area (Å²) in [5.41, 5.74) is 0.893. The Hall–Kier alpha value is -2.34. The summed E-state index contributed by atoms with van der Waals surface area (Å²) in [5, 5.41) is 4.65. The highest BCUT2D eigenvalue weighted by molar-refractivity contribution is 5.46. The van der Waals surface area contributed by atoms with E-state index in [0.29, 0.717) is 5.92 Å². The van der Waals surface area contributed by atoms with E-state index in [0.717, 1.165) is 62.1 Å². The molecule has 0 N–H and O–H groups in total. The SMILES string of the molecule is Cc1ccc([C@H](C)CCN2CCN(c3ccc4nccn4n3)CC2)o1. The topological polar surface area (TPSA) is 49.8 Å². The normalized spacial score (nSPS) is 17.3. The number of furan rings is 1. The van der Waals surface area contributed by atoms with E-state index in [1.165, 1.54) is 0 Å². The predicted octanol–water partition coefficient (Wildman–Crippen LogP) is 2.95. The minimum absolute atomic E-state index is 0.469. The molecule has 1 aliphatic heterocycles. The molecule has 6 heteroatoms. The van der Waals surface area contributed by atoms with Crippen LogP contribution in [0.3, 0.4) is 0 Å². The van der Waals surface area contributed by atoms with Crippen LogP contribution in [0.5, 0.6) is 0 Å². The van der Waals surface area contributed by atoms with E-state index < -0.39 is 0 Å². The summed E-state index contributed by atoms with van der Waals surface area (Å²) in [6.07, 6.45) is 4.81. The predicted molar refractivity (Wildman–Crippen MR) is 98.1 cm³/mol. The van der Waals surface area contributed by atoms with Crippen molar-refractivity contribution in [1.82, 2.24) is 19.5 Å². The molecule has 0 spiro atoms. The lowest BCUT2D eigenvalue weighted by Gasteiger charge is -2.35. The van der Waals surface area contributed by atoms with Crippen LogP contribution in [-0.4, -0.2) is 52.2 Å². The van der Waals surface area contributed by atoms with Crippen LogP contribution < -0.4 is 4.90 Å². The number of piperazine rings is 1. The molecule has 6 nitrogen and oxygen atoms in total. The zero-order valence-corrected chi connectivity index (χ0v) is 14.9. The van der Waals surface area contributed by atoms with Gasteiger partial charge >= 0.3 is 0 Å². The lowest BCUT2D eigenvalue weighted by molar-refractivity contribution is 0.245. The van der Waals surface area contributed by atoms with Gasteiger partial charge in [0.25, 0.3) is 0 Å². The van der Waals surface area contributed by atoms with Crippen LogP contribution >= 0.6 is 0 Å². The van der Waals surface area contributed by atoms with Crippen molar-refractivity contribution in [3.63, 3.8) is 0 Å². The number of anilines is 1. The molecule has 0 amide bonds. The molecule has 0 unspecified atom stereocenters. The summed E-state index contributed by atoms with van der Waals surface area (Å²) >= 11 is 0. The van der Waals surface area contributed by atoms with Crippen molar-refractivity contribution in [2.45, 2.75) is 26.2 Å². The zero-order chi connectivity index (χ0) is 17.2. The van der Waals surface area contributed by atoms with Crippen molar-refractivity contribution in [3.05, 3.63) is 48.2 Å². The zero-order valence-electron chi connectivity index (χ0n) is 14.9. The van der Waals surface area contributed by atoms with Crippen LogP contribution in [-0.2, 0) is 0 Å². The van der Waals surface area contributed by atoms with Crippen molar-refractivity contribution < 1.29 is 4.42 Å². The Kier molecular flexibility index (Phi) is 4.44. The molecule has 0 radical (unpaired) electrons. The smallest absolute Gasteiger partial charge is 0.153 e. The Morgan fingerprint density at radius 1 is 1.12 bits per heavy atom. The fourth-order valence-electron chi connectivity index (χ4n) is 3.41. The molecule has 132 valence electrons. The standard InChI is InChI=1S/C19H25N5O/c1-15(17-4-3-16(2)25-17)7-9-22-11-13-23(14-12-22)19-6-5-18-20-8-10-24(18)21-19/h3-6,8,10,15H,7,9,11-14H2,1-2H3/t15-/m1/s1. The number of nitrogens with zero attached hydrogens (tertiary/aromatic N) is 5. The van der Waals surface area contributed by atoms with Gasteiger partial charge in [-0.3, -0.25) is 4.90 Å². The van der Waals surface area contributed by atoms with E-state index >= 15 is 0 Å². The molecular formula is C19H25N5O. The van der Waals surface area contributed by atoms with E-state index in [4.69, 9.17) is 4.42 Å². The Balaban J connectivity index is 1.29. The molecule has 25 heavy (non-hydrogen) atoms. The fraction of sp³-hybridized carbons (Fsp3) is 0.474. The maximum absolute atomic E-state index is 5.75. The van der Waals surface area contributed by atoms with E-state index in [-0.39, 0.29) is 0 Å². The first kappa shape index (κ1) is 16.1. The van der Waals surface area contributed by atoms with Gasteiger partial charge < -0.3 is 9.32 Å². The molecule has 1 atom stereocenters. The van der Waals surface area contributed by atoms with Gasteiger partial charge in [0.2, 0.25) is 0 Å². The van der Waals surface area contributed by atoms with Gasteiger partial charge in [-0.1, -0.05) is 6.92 Å². The molecule has 1 saturated heterocycles. The van der Waals surface area contributed by atoms with Gasteiger partial charge in [0.15, 0.2) is 5.65 Å². The van der Waals surface area contributed by atoms with Crippen molar-refractivity contribution >= 4 is 11.5 Å². The first-order chi connectivity index (χ1) is 12.2. The molecule has 0 aromatic carbocycles. The van der Waals surface area contributed by atoms with Gasteiger partial charge in [-0.25, -0.2) is 9.50 Å². The van der Waals surface area contributed by atoms with E-state index in [1.54, 1.807) is 6.20 Å². The van der Waals surface area contributed by atoms with Crippen LogP contribution in [0.4, 0.5) is 5.82 Å². The third-order valence-electron chi connectivity index (χ3n) is 5.06. The van der Waals surface area contributed by atoms with Gasteiger partial charge in [0.05, 0.1) is 0 Å². The summed E-state index contributed by atoms with van der Waals surface area (Å²) in [5.74, 6) is 3.61. The Morgan fingerprint density at radius 2 is 1.96 bits per heavy atom. The summed E-state index contributed by atoms with van der Waals surface area (Å²) in [4.78, 5) is 9.15. The second-order valence-electron chi connectivity index (χ2n) is 6.89. The number of rotatable bonds is 5. The second kappa shape index (κ2) is 6.88. The largest absolute Gasteiger partial charge is 0.466 e. The number of hydrogen-bond acceptors (Lipinski definition) is 5. The molecule has 0 aliphatic carbocycles. The Bertz CT molecular complexity index is 831. The van der Waals surface area contributed by atoms with Gasteiger partial charge in [-0.15, -0.1) is 5.10 Å². The van der Waals surface area contributed by atoms with Gasteiger partial charge in [-0.2, -0.15) is 0 Å². The second-order valence-corrected chi connectivity index (χ2v) is 6.89. The third-order valence-corrected chi connectivity index (χ3v) is 5.06.